The Bertz CT molecular complexity index is 993. The minimum atomic E-state index is -0.197. The van der Waals surface area contributed by atoms with Gasteiger partial charge in [0.15, 0.2) is 0 Å². The molecular weight excluding hydrogens is 470 g/mol. The van der Waals surface area contributed by atoms with Crippen LogP contribution < -0.4 is 10.1 Å². The van der Waals surface area contributed by atoms with Crippen molar-refractivity contribution in [3.8, 4) is 5.75 Å². The highest BCUT2D eigenvalue weighted by atomic mass is 35.5. The molecule has 6 nitrogen and oxygen atoms in total. The topological polar surface area (TPSA) is 61.9 Å². The number of halogens is 1. The largest absolute Gasteiger partial charge is 0.491 e. The zero-order valence-corrected chi connectivity index (χ0v) is 22.3. The van der Waals surface area contributed by atoms with Crippen molar-refractivity contribution >= 4 is 34.9 Å². The SMILES string of the molecule is CCC(C)CN(CC(=O)N1CCc2sccc2C1COc1ccc(Cl)c(C)c1)C(=O)NC(C)C. The summed E-state index contributed by atoms with van der Waals surface area (Å²) in [6, 6.07) is 7.29. The van der Waals surface area contributed by atoms with E-state index in [1.165, 1.54) is 4.88 Å². The summed E-state index contributed by atoms with van der Waals surface area (Å²) in [6.45, 7) is 11.6. The monoisotopic (exact) mass is 505 g/mol. The van der Waals surface area contributed by atoms with Gasteiger partial charge in [0.1, 0.15) is 18.9 Å². The number of hydrogen-bond acceptors (Lipinski definition) is 4. The summed E-state index contributed by atoms with van der Waals surface area (Å²) < 4.78 is 6.13. The summed E-state index contributed by atoms with van der Waals surface area (Å²) in [5, 5.41) is 5.71. The lowest BCUT2D eigenvalue weighted by Crippen LogP contribution is -2.51. The first-order chi connectivity index (χ1) is 16.2. The van der Waals surface area contributed by atoms with E-state index in [9.17, 15) is 9.59 Å². The van der Waals surface area contributed by atoms with Crippen LogP contribution in [0.3, 0.4) is 0 Å². The van der Waals surface area contributed by atoms with Gasteiger partial charge < -0.3 is 19.9 Å². The maximum atomic E-state index is 13.6. The molecule has 0 fully saturated rings. The molecule has 34 heavy (non-hydrogen) atoms. The Kier molecular flexibility index (Phi) is 9.25. The molecule has 1 aliphatic heterocycles. The number of carbonyl (C=O) groups excluding carboxylic acids is 2. The molecule has 2 aromatic rings. The molecule has 1 N–H and O–H groups in total. The summed E-state index contributed by atoms with van der Waals surface area (Å²) in [7, 11) is 0. The maximum Gasteiger partial charge on any atom is 0.318 e. The molecule has 1 aromatic heterocycles. The molecule has 3 amide bonds. The molecule has 1 aromatic carbocycles. The molecule has 0 aliphatic carbocycles. The minimum absolute atomic E-state index is 0.00867. The van der Waals surface area contributed by atoms with E-state index in [4.69, 9.17) is 16.3 Å². The first-order valence-corrected chi connectivity index (χ1v) is 13.2. The molecule has 0 bridgehead atoms. The van der Waals surface area contributed by atoms with E-state index < -0.39 is 0 Å². The predicted molar refractivity (Wildman–Crippen MR) is 139 cm³/mol. The van der Waals surface area contributed by atoms with Crippen LogP contribution in [0.1, 0.15) is 56.2 Å². The van der Waals surface area contributed by atoms with E-state index in [0.29, 0.717) is 30.6 Å². The van der Waals surface area contributed by atoms with Crippen LogP contribution in [0.15, 0.2) is 29.6 Å². The predicted octanol–water partition coefficient (Wildman–Crippen LogP) is 5.68. The highest BCUT2D eigenvalue weighted by Gasteiger charge is 2.33. The second kappa shape index (κ2) is 11.9. The van der Waals surface area contributed by atoms with Crippen molar-refractivity contribution in [3.63, 3.8) is 0 Å². The highest BCUT2D eigenvalue weighted by Crippen LogP contribution is 2.34. The maximum absolute atomic E-state index is 13.6. The first-order valence-electron chi connectivity index (χ1n) is 12.0. The molecule has 1 aliphatic rings. The van der Waals surface area contributed by atoms with Crippen molar-refractivity contribution < 1.29 is 14.3 Å². The summed E-state index contributed by atoms with van der Waals surface area (Å²) in [5.41, 5.74) is 2.08. The summed E-state index contributed by atoms with van der Waals surface area (Å²) in [4.78, 5) is 31.2. The van der Waals surface area contributed by atoms with Crippen LogP contribution in [-0.2, 0) is 11.2 Å². The fourth-order valence-corrected chi connectivity index (χ4v) is 5.12. The first kappa shape index (κ1) is 26.4. The standard InChI is InChI=1S/C26H36ClN3O3S/c1-6-18(4)14-29(26(32)28-17(2)3)15-25(31)30-11-9-24-21(10-12-34-24)23(30)16-33-20-7-8-22(27)19(5)13-20/h7-8,10,12-13,17-18,23H,6,9,11,14-16H2,1-5H3,(H,28,32). The van der Waals surface area contributed by atoms with Crippen molar-refractivity contribution in [1.29, 1.82) is 0 Å². The number of nitrogens with one attached hydrogen (secondary N) is 1. The Balaban J connectivity index is 1.77. The Morgan fingerprint density at radius 1 is 1.29 bits per heavy atom. The van der Waals surface area contributed by atoms with E-state index in [1.54, 1.807) is 16.2 Å². The number of benzene rings is 1. The Morgan fingerprint density at radius 3 is 2.74 bits per heavy atom. The smallest absolute Gasteiger partial charge is 0.318 e. The van der Waals surface area contributed by atoms with E-state index in [2.05, 4.69) is 30.6 Å². The summed E-state index contributed by atoms with van der Waals surface area (Å²) in [6.07, 6.45) is 1.76. The van der Waals surface area contributed by atoms with Crippen molar-refractivity contribution in [2.75, 3.05) is 26.2 Å². The van der Waals surface area contributed by atoms with Gasteiger partial charge in [-0.2, -0.15) is 0 Å². The number of urea groups is 1. The Morgan fingerprint density at radius 2 is 2.06 bits per heavy atom. The number of fused-ring (bicyclic) bond motifs is 1. The number of ether oxygens (including phenoxy) is 1. The van der Waals surface area contributed by atoms with Gasteiger partial charge in [0, 0.05) is 29.0 Å². The van der Waals surface area contributed by atoms with Crippen LogP contribution in [-0.4, -0.2) is 54.0 Å². The quantitative estimate of drug-likeness (QED) is 0.476. The number of thiophene rings is 1. The van der Waals surface area contributed by atoms with Crippen LogP contribution in [0.4, 0.5) is 4.79 Å². The van der Waals surface area contributed by atoms with Gasteiger partial charge in [-0.3, -0.25) is 4.79 Å². The van der Waals surface area contributed by atoms with Crippen LogP contribution in [0, 0.1) is 12.8 Å². The second-order valence-corrected chi connectivity index (χ2v) is 10.8. The van der Waals surface area contributed by atoms with Crippen molar-refractivity contribution in [2.45, 2.75) is 59.5 Å². The molecule has 2 atom stereocenters. The number of aryl methyl sites for hydroxylation is 1. The van der Waals surface area contributed by atoms with E-state index in [1.807, 2.05) is 43.9 Å². The molecule has 186 valence electrons. The number of hydrogen-bond donors (Lipinski definition) is 1. The van der Waals surface area contributed by atoms with Crippen LogP contribution in [0.25, 0.3) is 0 Å². The Labute approximate surface area is 212 Å². The van der Waals surface area contributed by atoms with E-state index in [-0.39, 0.29) is 30.6 Å². The lowest BCUT2D eigenvalue weighted by atomic mass is 10.00. The molecule has 0 saturated carbocycles. The third-order valence-corrected chi connectivity index (χ3v) is 7.63. The van der Waals surface area contributed by atoms with Gasteiger partial charge in [0.05, 0.1) is 6.04 Å². The fourth-order valence-electron chi connectivity index (χ4n) is 4.07. The van der Waals surface area contributed by atoms with E-state index >= 15 is 0 Å². The average Bonchev–Trinajstić information content (AvgIpc) is 3.27. The third-order valence-electron chi connectivity index (χ3n) is 6.21. The Hall–Kier alpha value is -2.25. The van der Waals surface area contributed by atoms with Gasteiger partial charge in [-0.25, -0.2) is 4.79 Å². The van der Waals surface area contributed by atoms with Gasteiger partial charge in [0.25, 0.3) is 0 Å². The van der Waals surface area contributed by atoms with Gasteiger partial charge in [-0.1, -0.05) is 31.9 Å². The van der Waals surface area contributed by atoms with Crippen molar-refractivity contribution in [3.05, 3.63) is 50.7 Å². The normalized spacial score (nSPS) is 16.2. The van der Waals surface area contributed by atoms with Crippen LogP contribution in [0.5, 0.6) is 5.75 Å². The second-order valence-electron chi connectivity index (χ2n) is 9.37. The van der Waals surface area contributed by atoms with Gasteiger partial charge in [-0.15, -0.1) is 11.3 Å². The number of amides is 3. The lowest BCUT2D eigenvalue weighted by molar-refractivity contribution is -0.135. The molecule has 2 heterocycles. The molecule has 2 unspecified atom stereocenters. The number of carbonyl (C=O) groups is 2. The van der Waals surface area contributed by atoms with E-state index in [0.717, 1.165) is 29.7 Å². The zero-order valence-electron chi connectivity index (χ0n) is 20.8. The molecule has 0 spiro atoms. The van der Waals surface area contributed by atoms with Crippen LogP contribution >= 0.6 is 22.9 Å². The molecular formula is C26H36ClN3O3S. The zero-order chi connectivity index (χ0) is 24.8. The summed E-state index contributed by atoms with van der Waals surface area (Å²) >= 11 is 7.87. The van der Waals surface area contributed by atoms with Gasteiger partial charge in [-0.05, 0) is 73.9 Å². The molecule has 3 rings (SSSR count). The fraction of sp³-hybridized carbons (Fsp3) is 0.538. The minimum Gasteiger partial charge on any atom is -0.491 e. The lowest BCUT2D eigenvalue weighted by Gasteiger charge is -2.37. The molecule has 0 saturated heterocycles. The average molecular weight is 506 g/mol. The van der Waals surface area contributed by atoms with Gasteiger partial charge in [0.2, 0.25) is 5.91 Å². The number of rotatable bonds is 9. The third kappa shape index (κ3) is 6.66. The van der Waals surface area contributed by atoms with Crippen molar-refractivity contribution in [1.82, 2.24) is 15.1 Å². The van der Waals surface area contributed by atoms with Crippen LogP contribution in [0.2, 0.25) is 5.02 Å². The number of nitrogens with zero attached hydrogens (tertiary/aromatic N) is 2. The summed E-state index contributed by atoms with van der Waals surface area (Å²) in [5.74, 6) is 0.981. The molecule has 8 heteroatoms. The highest BCUT2D eigenvalue weighted by molar-refractivity contribution is 7.10. The van der Waals surface area contributed by atoms with Gasteiger partial charge >= 0.3 is 6.03 Å². The van der Waals surface area contributed by atoms with Crippen molar-refractivity contribution in [2.24, 2.45) is 5.92 Å². The molecule has 0 radical (unpaired) electrons.